The molecule has 1 aliphatic rings. The molecular weight excluding hydrogens is 233 g/mol. The summed E-state index contributed by atoms with van der Waals surface area (Å²) in [5.74, 6) is 0.420. The van der Waals surface area contributed by atoms with E-state index in [1.165, 1.54) is 13.0 Å². The van der Waals surface area contributed by atoms with Crippen molar-refractivity contribution < 1.29 is 22.7 Å². The average Bonchev–Trinajstić information content (AvgIpc) is 2.55. The normalized spacial score (nSPS) is 18.7. The number of rotatable bonds is 2. The second-order valence-electron chi connectivity index (χ2n) is 4.17. The van der Waals surface area contributed by atoms with Crippen molar-refractivity contribution >= 4 is 5.78 Å². The fraction of sp³-hybridized carbons (Fsp3) is 0.417. The van der Waals surface area contributed by atoms with E-state index in [9.17, 15) is 18.0 Å². The van der Waals surface area contributed by atoms with Crippen LogP contribution in [-0.4, -0.2) is 11.9 Å². The number of hydrogen-bond acceptors (Lipinski definition) is 2. The quantitative estimate of drug-likeness (QED) is 0.799. The van der Waals surface area contributed by atoms with Crippen molar-refractivity contribution in [2.45, 2.75) is 32.0 Å². The van der Waals surface area contributed by atoms with Crippen molar-refractivity contribution in [3.63, 3.8) is 0 Å². The Morgan fingerprint density at radius 2 is 2.18 bits per heavy atom. The molecule has 0 N–H and O–H groups in total. The first-order chi connectivity index (χ1) is 7.86. The lowest BCUT2D eigenvalue weighted by molar-refractivity contribution is -0.137. The van der Waals surface area contributed by atoms with Crippen LogP contribution in [0.25, 0.3) is 0 Å². The molecule has 1 aliphatic heterocycles. The number of fused-ring (bicyclic) bond motifs is 1. The second kappa shape index (κ2) is 4.05. The minimum absolute atomic E-state index is 0.0288. The van der Waals surface area contributed by atoms with Crippen molar-refractivity contribution in [3.05, 3.63) is 29.3 Å². The van der Waals surface area contributed by atoms with Gasteiger partial charge < -0.3 is 4.74 Å². The molecule has 1 aromatic carbocycles. The zero-order chi connectivity index (χ0) is 12.6. The van der Waals surface area contributed by atoms with Crippen LogP contribution in [0.1, 0.15) is 24.5 Å². The number of ketones is 1. The second-order valence-corrected chi connectivity index (χ2v) is 4.17. The van der Waals surface area contributed by atoms with E-state index in [-0.39, 0.29) is 18.3 Å². The van der Waals surface area contributed by atoms with Gasteiger partial charge in [0, 0.05) is 12.8 Å². The molecule has 1 aromatic rings. The molecule has 1 unspecified atom stereocenters. The van der Waals surface area contributed by atoms with Crippen molar-refractivity contribution in [3.8, 4) is 5.75 Å². The molecule has 0 spiro atoms. The van der Waals surface area contributed by atoms with Gasteiger partial charge in [0.15, 0.2) is 0 Å². The monoisotopic (exact) mass is 244 g/mol. The third kappa shape index (κ3) is 2.60. The molecule has 0 saturated heterocycles. The number of Topliss-reactive ketones (excluding diaryl/α,β-unsaturated/α-hetero) is 1. The Kier molecular flexibility index (Phi) is 2.85. The third-order valence-corrected chi connectivity index (χ3v) is 2.64. The van der Waals surface area contributed by atoms with Crippen LogP contribution in [0.2, 0.25) is 0 Å². The van der Waals surface area contributed by atoms with Gasteiger partial charge in [0.05, 0.1) is 5.56 Å². The first-order valence-electron chi connectivity index (χ1n) is 5.22. The van der Waals surface area contributed by atoms with Gasteiger partial charge in [0.2, 0.25) is 0 Å². The van der Waals surface area contributed by atoms with Crippen LogP contribution in [-0.2, 0) is 17.4 Å². The van der Waals surface area contributed by atoms with Gasteiger partial charge in [-0.05, 0) is 30.7 Å². The van der Waals surface area contributed by atoms with Gasteiger partial charge in [0.25, 0.3) is 0 Å². The zero-order valence-corrected chi connectivity index (χ0v) is 9.17. The Morgan fingerprint density at radius 3 is 2.76 bits per heavy atom. The molecule has 1 heterocycles. The van der Waals surface area contributed by atoms with Gasteiger partial charge in [-0.3, -0.25) is 4.79 Å². The predicted octanol–water partition coefficient (Wildman–Crippen LogP) is 2.99. The van der Waals surface area contributed by atoms with E-state index in [0.717, 1.165) is 12.1 Å². The number of alkyl halides is 3. The van der Waals surface area contributed by atoms with Crippen molar-refractivity contribution in [2.75, 3.05) is 0 Å². The summed E-state index contributed by atoms with van der Waals surface area (Å²) in [7, 11) is 0. The van der Waals surface area contributed by atoms with Gasteiger partial charge in [-0.2, -0.15) is 13.2 Å². The Bertz CT molecular complexity index is 452. The molecule has 0 saturated carbocycles. The molecule has 2 nitrogen and oxygen atoms in total. The largest absolute Gasteiger partial charge is 0.489 e. The highest BCUT2D eigenvalue weighted by Crippen LogP contribution is 2.36. The number of carbonyl (C=O) groups is 1. The Balaban J connectivity index is 2.19. The van der Waals surface area contributed by atoms with Crippen molar-refractivity contribution in [1.82, 2.24) is 0 Å². The summed E-state index contributed by atoms with van der Waals surface area (Å²) in [6.07, 6.45) is -4.08. The minimum atomic E-state index is -4.34. The fourth-order valence-corrected chi connectivity index (χ4v) is 1.93. The molecule has 0 aromatic heterocycles. The zero-order valence-electron chi connectivity index (χ0n) is 9.17. The SMILES string of the molecule is CC(=O)CC1Cc2cc(C(F)(F)F)ccc2O1. The van der Waals surface area contributed by atoms with Crippen LogP contribution in [0.4, 0.5) is 13.2 Å². The lowest BCUT2D eigenvalue weighted by Gasteiger charge is -2.08. The van der Waals surface area contributed by atoms with Crippen LogP contribution in [0, 0.1) is 0 Å². The topological polar surface area (TPSA) is 26.3 Å². The summed E-state index contributed by atoms with van der Waals surface area (Å²) >= 11 is 0. The van der Waals surface area contributed by atoms with E-state index < -0.39 is 11.7 Å². The molecule has 17 heavy (non-hydrogen) atoms. The number of carbonyl (C=O) groups excluding carboxylic acids is 1. The minimum Gasteiger partial charge on any atom is -0.489 e. The summed E-state index contributed by atoms with van der Waals surface area (Å²) in [6.45, 7) is 1.44. The predicted molar refractivity (Wildman–Crippen MR) is 54.9 cm³/mol. The molecule has 1 atom stereocenters. The van der Waals surface area contributed by atoms with Crippen molar-refractivity contribution in [1.29, 1.82) is 0 Å². The Hall–Kier alpha value is -1.52. The lowest BCUT2D eigenvalue weighted by Crippen LogP contribution is -2.16. The number of benzene rings is 1. The number of hydrogen-bond donors (Lipinski definition) is 0. The van der Waals surface area contributed by atoms with E-state index in [1.807, 2.05) is 0 Å². The molecule has 0 aliphatic carbocycles. The lowest BCUT2D eigenvalue weighted by atomic mass is 10.0. The van der Waals surface area contributed by atoms with Gasteiger partial charge >= 0.3 is 6.18 Å². The van der Waals surface area contributed by atoms with Crippen LogP contribution in [0.5, 0.6) is 5.75 Å². The molecule has 5 heteroatoms. The van der Waals surface area contributed by atoms with Gasteiger partial charge in [-0.15, -0.1) is 0 Å². The summed E-state index contributed by atoms with van der Waals surface area (Å²) in [5, 5.41) is 0. The van der Waals surface area contributed by atoms with E-state index in [0.29, 0.717) is 17.7 Å². The van der Waals surface area contributed by atoms with Crippen molar-refractivity contribution in [2.24, 2.45) is 0 Å². The fourth-order valence-electron chi connectivity index (χ4n) is 1.93. The number of halogens is 3. The highest BCUT2D eigenvalue weighted by molar-refractivity contribution is 5.76. The van der Waals surface area contributed by atoms with Crippen LogP contribution in [0.15, 0.2) is 18.2 Å². The molecule has 0 bridgehead atoms. The van der Waals surface area contributed by atoms with Gasteiger partial charge in [0.1, 0.15) is 17.6 Å². The maximum atomic E-state index is 12.5. The molecule has 92 valence electrons. The number of ether oxygens (including phenoxy) is 1. The first kappa shape index (κ1) is 12.0. The van der Waals surface area contributed by atoms with E-state index in [4.69, 9.17) is 4.74 Å². The van der Waals surface area contributed by atoms with E-state index in [1.54, 1.807) is 0 Å². The van der Waals surface area contributed by atoms with Crippen LogP contribution < -0.4 is 4.74 Å². The Labute approximate surface area is 96.4 Å². The summed E-state index contributed by atoms with van der Waals surface area (Å²) < 4.78 is 42.8. The summed E-state index contributed by atoms with van der Waals surface area (Å²) in [4.78, 5) is 10.9. The first-order valence-corrected chi connectivity index (χ1v) is 5.22. The Morgan fingerprint density at radius 1 is 1.47 bits per heavy atom. The van der Waals surface area contributed by atoms with Crippen LogP contribution >= 0.6 is 0 Å². The highest BCUT2D eigenvalue weighted by Gasteiger charge is 2.33. The van der Waals surface area contributed by atoms with Crippen LogP contribution in [0.3, 0.4) is 0 Å². The highest BCUT2D eigenvalue weighted by atomic mass is 19.4. The van der Waals surface area contributed by atoms with Gasteiger partial charge in [-0.1, -0.05) is 0 Å². The molecule has 0 amide bonds. The smallest absolute Gasteiger partial charge is 0.416 e. The standard InChI is InChI=1S/C12H11F3O2/c1-7(16)4-10-6-8-5-9(12(13,14)15)2-3-11(8)17-10/h2-3,5,10H,4,6H2,1H3. The third-order valence-electron chi connectivity index (χ3n) is 2.64. The maximum Gasteiger partial charge on any atom is 0.416 e. The average molecular weight is 244 g/mol. The van der Waals surface area contributed by atoms with Gasteiger partial charge in [-0.25, -0.2) is 0 Å². The molecule has 0 fully saturated rings. The molecular formula is C12H11F3O2. The maximum absolute atomic E-state index is 12.5. The summed E-state index contributed by atoms with van der Waals surface area (Å²) in [6, 6.07) is 3.41. The van der Waals surface area contributed by atoms with E-state index in [2.05, 4.69) is 0 Å². The summed E-state index contributed by atoms with van der Waals surface area (Å²) in [5.41, 5.74) is -0.158. The molecule has 2 rings (SSSR count). The molecule has 0 radical (unpaired) electrons. The van der Waals surface area contributed by atoms with E-state index >= 15 is 0 Å².